The Bertz CT molecular complexity index is 274. The van der Waals surface area contributed by atoms with Crippen molar-refractivity contribution in [2.75, 3.05) is 6.61 Å². The van der Waals surface area contributed by atoms with E-state index >= 15 is 0 Å². The number of carbonyl (C=O) groups excluding carboxylic acids is 1. The summed E-state index contributed by atoms with van der Waals surface area (Å²) < 4.78 is 5.21. The zero-order valence-electron chi connectivity index (χ0n) is 8.40. The van der Waals surface area contributed by atoms with Crippen LogP contribution in [0.4, 0.5) is 0 Å². The standard InChI is InChI=1S/C10H12O3.Na/c1-8(10(11)12)7-13-9-5-3-2-4-6-9;/h2-6,8H,7H2,1H3,(H,11,12);/q;+1/p-1. The van der Waals surface area contributed by atoms with Gasteiger partial charge in [-0.05, 0) is 12.1 Å². The van der Waals surface area contributed by atoms with E-state index in [1.807, 2.05) is 18.2 Å². The van der Waals surface area contributed by atoms with E-state index in [-0.39, 0.29) is 36.2 Å². The number of aliphatic carboxylic acids is 1. The molecule has 0 heterocycles. The third-order valence-electron chi connectivity index (χ3n) is 1.65. The van der Waals surface area contributed by atoms with Crippen LogP contribution < -0.4 is 39.4 Å². The number of hydrogen-bond acceptors (Lipinski definition) is 3. The van der Waals surface area contributed by atoms with E-state index in [2.05, 4.69) is 0 Å². The van der Waals surface area contributed by atoms with Gasteiger partial charge >= 0.3 is 29.6 Å². The Labute approximate surface area is 105 Å². The van der Waals surface area contributed by atoms with E-state index in [0.717, 1.165) is 0 Å². The van der Waals surface area contributed by atoms with Gasteiger partial charge in [-0.1, -0.05) is 25.1 Å². The SMILES string of the molecule is CC(COc1ccccc1)C(=O)[O-].[Na+]. The normalized spacial score (nSPS) is 11.2. The van der Waals surface area contributed by atoms with Gasteiger partial charge in [-0.3, -0.25) is 0 Å². The molecule has 70 valence electrons. The van der Waals surface area contributed by atoms with Crippen molar-refractivity contribution in [3.05, 3.63) is 30.3 Å². The summed E-state index contributed by atoms with van der Waals surface area (Å²) in [5.74, 6) is -0.994. The summed E-state index contributed by atoms with van der Waals surface area (Å²) in [6.07, 6.45) is 0. The quantitative estimate of drug-likeness (QED) is 0.505. The van der Waals surface area contributed by atoms with Gasteiger partial charge in [-0.15, -0.1) is 0 Å². The van der Waals surface area contributed by atoms with Gasteiger partial charge < -0.3 is 14.6 Å². The molecule has 4 heteroatoms. The van der Waals surface area contributed by atoms with Crippen LogP contribution in [0.5, 0.6) is 5.75 Å². The van der Waals surface area contributed by atoms with Crippen molar-refractivity contribution < 1.29 is 44.2 Å². The predicted molar refractivity (Wildman–Crippen MR) is 46.1 cm³/mol. The summed E-state index contributed by atoms with van der Waals surface area (Å²) in [7, 11) is 0. The van der Waals surface area contributed by atoms with Crippen LogP contribution in [0.3, 0.4) is 0 Å². The predicted octanol–water partition coefficient (Wildman–Crippen LogP) is -2.54. The minimum absolute atomic E-state index is 0. The smallest absolute Gasteiger partial charge is 0.550 e. The van der Waals surface area contributed by atoms with Gasteiger partial charge in [0.25, 0.3) is 0 Å². The van der Waals surface area contributed by atoms with Gasteiger partial charge in [0.15, 0.2) is 0 Å². The van der Waals surface area contributed by atoms with E-state index < -0.39 is 11.9 Å². The minimum Gasteiger partial charge on any atom is -0.550 e. The number of carboxylic acids is 1. The second-order valence-electron chi connectivity index (χ2n) is 2.84. The minimum atomic E-state index is -1.09. The zero-order chi connectivity index (χ0) is 9.68. The van der Waals surface area contributed by atoms with Gasteiger partial charge in [0.1, 0.15) is 5.75 Å². The molecule has 0 fully saturated rings. The Morgan fingerprint density at radius 3 is 2.50 bits per heavy atom. The fourth-order valence-corrected chi connectivity index (χ4v) is 0.806. The molecule has 0 aliphatic carbocycles. The Balaban J connectivity index is 0.00000169. The van der Waals surface area contributed by atoms with Crippen LogP contribution >= 0.6 is 0 Å². The maximum absolute atomic E-state index is 10.3. The molecule has 1 aromatic rings. The summed E-state index contributed by atoms with van der Waals surface area (Å²) in [4.78, 5) is 10.3. The Kier molecular flexibility index (Phi) is 6.62. The van der Waals surface area contributed by atoms with Crippen LogP contribution in [0.2, 0.25) is 0 Å². The molecule has 0 radical (unpaired) electrons. The van der Waals surface area contributed by atoms with Crippen LogP contribution in [0.15, 0.2) is 30.3 Å². The van der Waals surface area contributed by atoms with Gasteiger partial charge in [0, 0.05) is 11.9 Å². The van der Waals surface area contributed by atoms with Crippen LogP contribution in [0.1, 0.15) is 6.92 Å². The molecule has 0 bridgehead atoms. The molecule has 0 saturated carbocycles. The molecule has 1 unspecified atom stereocenters. The van der Waals surface area contributed by atoms with E-state index in [1.54, 1.807) is 19.1 Å². The van der Waals surface area contributed by atoms with Crippen molar-refractivity contribution >= 4 is 5.97 Å². The number of ether oxygens (including phenoxy) is 1. The van der Waals surface area contributed by atoms with Crippen molar-refractivity contribution in [1.29, 1.82) is 0 Å². The first-order chi connectivity index (χ1) is 6.20. The average molecular weight is 202 g/mol. The molecule has 1 rings (SSSR count). The summed E-state index contributed by atoms with van der Waals surface area (Å²) in [6.45, 7) is 1.70. The van der Waals surface area contributed by atoms with Crippen molar-refractivity contribution in [2.45, 2.75) is 6.92 Å². The van der Waals surface area contributed by atoms with Crippen LogP contribution in [0.25, 0.3) is 0 Å². The third kappa shape index (κ3) is 4.65. The largest absolute Gasteiger partial charge is 1.00 e. The van der Waals surface area contributed by atoms with Gasteiger partial charge in [0.05, 0.1) is 6.61 Å². The number of para-hydroxylation sites is 1. The van der Waals surface area contributed by atoms with Crippen molar-refractivity contribution in [3.8, 4) is 5.75 Å². The molecule has 0 N–H and O–H groups in total. The molecule has 14 heavy (non-hydrogen) atoms. The second-order valence-corrected chi connectivity index (χ2v) is 2.84. The van der Waals surface area contributed by atoms with Crippen molar-refractivity contribution in [1.82, 2.24) is 0 Å². The fourth-order valence-electron chi connectivity index (χ4n) is 0.806. The Morgan fingerprint density at radius 2 is 2.00 bits per heavy atom. The monoisotopic (exact) mass is 202 g/mol. The maximum atomic E-state index is 10.3. The Hall–Kier alpha value is -0.510. The summed E-state index contributed by atoms with van der Waals surface area (Å²) in [5.41, 5.74) is 0. The molecule has 0 saturated heterocycles. The Morgan fingerprint density at radius 1 is 1.43 bits per heavy atom. The van der Waals surface area contributed by atoms with E-state index in [4.69, 9.17) is 4.74 Å². The van der Waals surface area contributed by atoms with E-state index in [9.17, 15) is 9.90 Å². The first kappa shape index (κ1) is 13.5. The molecule has 0 aliphatic rings. The summed E-state index contributed by atoms with van der Waals surface area (Å²) >= 11 is 0. The molecule has 0 aliphatic heterocycles. The van der Waals surface area contributed by atoms with Gasteiger partial charge in [-0.2, -0.15) is 0 Å². The van der Waals surface area contributed by atoms with Crippen molar-refractivity contribution in [3.63, 3.8) is 0 Å². The topological polar surface area (TPSA) is 49.4 Å². The molecule has 0 amide bonds. The number of carboxylic acid groups (broad SMARTS) is 1. The summed E-state index contributed by atoms with van der Waals surface area (Å²) in [5, 5.41) is 10.3. The average Bonchev–Trinajstić information content (AvgIpc) is 2.15. The van der Waals surface area contributed by atoms with Crippen molar-refractivity contribution in [2.24, 2.45) is 5.92 Å². The molecular formula is C10H11NaO3. The second kappa shape index (κ2) is 6.87. The fraction of sp³-hybridized carbons (Fsp3) is 0.300. The summed E-state index contributed by atoms with van der Waals surface area (Å²) in [6, 6.07) is 9.09. The van der Waals surface area contributed by atoms with E-state index in [1.165, 1.54) is 0 Å². The molecule has 0 aromatic heterocycles. The number of rotatable bonds is 4. The molecule has 3 nitrogen and oxygen atoms in total. The number of benzene rings is 1. The van der Waals surface area contributed by atoms with E-state index in [0.29, 0.717) is 5.75 Å². The first-order valence-electron chi connectivity index (χ1n) is 4.09. The third-order valence-corrected chi connectivity index (χ3v) is 1.65. The molecule has 1 aromatic carbocycles. The number of hydrogen-bond donors (Lipinski definition) is 0. The molecule has 0 spiro atoms. The maximum Gasteiger partial charge on any atom is 1.00 e. The molecule has 1 atom stereocenters. The van der Waals surface area contributed by atoms with Crippen LogP contribution in [0, 0.1) is 5.92 Å². The molecular weight excluding hydrogens is 191 g/mol. The van der Waals surface area contributed by atoms with Crippen LogP contribution in [-0.4, -0.2) is 12.6 Å². The van der Waals surface area contributed by atoms with Gasteiger partial charge in [0.2, 0.25) is 0 Å². The zero-order valence-corrected chi connectivity index (χ0v) is 10.4. The van der Waals surface area contributed by atoms with Crippen LogP contribution in [-0.2, 0) is 4.79 Å². The first-order valence-corrected chi connectivity index (χ1v) is 4.09. The van der Waals surface area contributed by atoms with Gasteiger partial charge in [-0.25, -0.2) is 0 Å². The number of carbonyl (C=O) groups is 1.